The van der Waals surface area contributed by atoms with Gasteiger partial charge in [-0.05, 0) is 43.0 Å². The first-order valence-corrected chi connectivity index (χ1v) is 9.36. The van der Waals surface area contributed by atoms with E-state index < -0.39 is 0 Å². The third-order valence-electron chi connectivity index (χ3n) is 5.05. The number of carbonyl (C=O) groups excluding carboxylic acids is 1. The van der Waals surface area contributed by atoms with Gasteiger partial charge in [0.25, 0.3) is 0 Å². The lowest BCUT2D eigenvalue weighted by molar-refractivity contribution is -0.133. The molecule has 1 aliphatic heterocycles. The zero-order valence-corrected chi connectivity index (χ0v) is 15.5. The van der Waals surface area contributed by atoms with Crippen LogP contribution in [0.4, 0.5) is 0 Å². The van der Waals surface area contributed by atoms with Crippen LogP contribution in [0.5, 0.6) is 0 Å². The topological polar surface area (TPSA) is 68.8 Å². The molecule has 3 aromatic rings. The number of hydrogen-bond donors (Lipinski definition) is 0. The highest BCUT2D eigenvalue weighted by molar-refractivity contribution is 5.76. The summed E-state index contributed by atoms with van der Waals surface area (Å²) in [5.41, 5.74) is 2.26. The Kier molecular flexibility index (Phi) is 5.00. The van der Waals surface area contributed by atoms with Crippen molar-refractivity contribution < 1.29 is 4.79 Å². The second kappa shape index (κ2) is 7.73. The molecule has 140 valence electrons. The molecule has 1 saturated heterocycles. The molecule has 0 spiro atoms. The Labute approximate surface area is 158 Å². The van der Waals surface area contributed by atoms with E-state index in [9.17, 15) is 4.79 Å². The SMILES string of the molecule is Cc1cnn(CC(=O)N2CCC[C@@H](c3nccn3Cc3ccncc3)C2)c1. The van der Waals surface area contributed by atoms with Crippen LogP contribution in [0, 0.1) is 6.92 Å². The van der Waals surface area contributed by atoms with Gasteiger partial charge in [0, 0.05) is 56.5 Å². The smallest absolute Gasteiger partial charge is 0.244 e. The van der Waals surface area contributed by atoms with Crippen molar-refractivity contribution in [3.8, 4) is 0 Å². The fraction of sp³-hybridized carbons (Fsp3) is 0.400. The van der Waals surface area contributed by atoms with Gasteiger partial charge in [-0.3, -0.25) is 14.5 Å². The molecule has 1 atom stereocenters. The zero-order valence-electron chi connectivity index (χ0n) is 15.5. The molecular weight excluding hydrogens is 340 g/mol. The third kappa shape index (κ3) is 4.07. The Morgan fingerprint density at radius 1 is 1.26 bits per heavy atom. The Bertz CT molecular complexity index is 900. The van der Waals surface area contributed by atoms with Crippen molar-refractivity contribution in [2.45, 2.75) is 38.8 Å². The average molecular weight is 364 g/mol. The molecule has 7 nitrogen and oxygen atoms in total. The van der Waals surface area contributed by atoms with Crippen molar-refractivity contribution in [1.82, 2.24) is 29.2 Å². The molecule has 0 radical (unpaired) electrons. The summed E-state index contributed by atoms with van der Waals surface area (Å²) in [5, 5.41) is 4.23. The number of amides is 1. The predicted octanol–water partition coefficient (Wildman–Crippen LogP) is 2.24. The van der Waals surface area contributed by atoms with Crippen LogP contribution in [0.1, 0.15) is 35.7 Å². The van der Waals surface area contributed by atoms with Gasteiger partial charge < -0.3 is 9.47 Å². The number of hydrogen-bond acceptors (Lipinski definition) is 4. The van der Waals surface area contributed by atoms with E-state index in [4.69, 9.17) is 0 Å². The Morgan fingerprint density at radius 2 is 2.11 bits per heavy atom. The van der Waals surface area contributed by atoms with Crippen molar-refractivity contribution in [3.05, 3.63) is 66.3 Å². The number of nitrogens with zero attached hydrogens (tertiary/aromatic N) is 6. The lowest BCUT2D eigenvalue weighted by atomic mass is 9.97. The summed E-state index contributed by atoms with van der Waals surface area (Å²) in [4.78, 5) is 23.3. The maximum atomic E-state index is 12.7. The molecule has 1 amide bonds. The van der Waals surface area contributed by atoms with Gasteiger partial charge in [-0.25, -0.2) is 4.98 Å². The molecule has 0 bridgehead atoms. The molecule has 4 rings (SSSR count). The zero-order chi connectivity index (χ0) is 18.6. The standard InChI is InChI=1S/C20H24N6O/c1-16-11-23-26(12-16)15-19(27)24-9-2-3-18(14-24)20-22-8-10-25(20)13-17-4-6-21-7-5-17/h4-8,10-12,18H,2-3,9,13-15H2,1H3/t18-/m1/s1. The molecule has 0 unspecified atom stereocenters. The summed E-state index contributed by atoms with van der Waals surface area (Å²) >= 11 is 0. The van der Waals surface area contributed by atoms with Crippen molar-refractivity contribution in [2.24, 2.45) is 0 Å². The van der Waals surface area contributed by atoms with Crippen LogP contribution < -0.4 is 0 Å². The Balaban J connectivity index is 1.44. The van der Waals surface area contributed by atoms with E-state index in [0.717, 1.165) is 37.3 Å². The number of carbonyl (C=O) groups is 1. The van der Waals surface area contributed by atoms with Crippen LogP contribution in [0.25, 0.3) is 0 Å². The number of aryl methyl sites for hydroxylation is 1. The maximum absolute atomic E-state index is 12.7. The molecule has 4 heterocycles. The number of likely N-dealkylation sites (tertiary alicyclic amines) is 1. The van der Waals surface area contributed by atoms with Crippen LogP contribution in [-0.4, -0.2) is 48.2 Å². The summed E-state index contributed by atoms with van der Waals surface area (Å²) in [7, 11) is 0. The average Bonchev–Trinajstić information content (AvgIpc) is 3.31. The summed E-state index contributed by atoms with van der Waals surface area (Å²) < 4.78 is 3.90. The van der Waals surface area contributed by atoms with E-state index in [0.29, 0.717) is 13.1 Å². The first kappa shape index (κ1) is 17.5. The summed E-state index contributed by atoms with van der Waals surface area (Å²) in [5.74, 6) is 1.44. The van der Waals surface area contributed by atoms with E-state index in [1.807, 2.05) is 54.9 Å². The van der Waals surface area contributed by atoms with E-state index in [1.165, 1.54) is 5.56 Å². The fourth-order valence-electron chi connectivity index (χ4n) is 3.71. The van der Waals surface area contributed by atoms with Crippen LogP contribution in [-0.2, 0) is 17.9 Å². The highest BCUT2D eigenvalue weighted by Crippen LogP contribution is 2.26. The van der Waals surface area contributed by atoms with E-state index >= 15 is 0 Å². The summed E-state index contributed by atoms with van der Waals surface area (Å²) in [6, 6.07) is 4.04. The molecule has 27 heavy (non-hydrogen) atoms. The molecule has 0 aliphatic carbocycles. The monoisotopic (exact) mass is 364 g/mol. The van der Waals surface area contributed by atoms with Gasteiger partial charge in [0.15, 0.2) is 0 Å². The number of aromatic nitrogens is 5. The van der Waals surface area contributed by atoms with Crippen LogP contribution in [0.2, 0.25) is 0 Å². The van der Waals surface area contributed by atoms with Gasteiger partial charge in [0.1, 0.15) is 12.4 Å². The fourth-order valence-corrected chi connectivity index (χ4v) is 3.71. The van der Waals surface area contributed by atoms with Gasteiger partial charge >= 0.3 is 0 Å². The Hall–Kier alpha value is -2.96. The molecule has 7 heteroatoms. The molecule has 1 aliphatic rings. The Morgan fingerprint density at radius 3 is 2.89 bits per heavy atom. The van der Waals surface area contributed by atoms with E-state index in [-0.39, 0.29) is 11.8 Å². The van der Waals surface area contributed by atoms with Crippen molar-refractivity contribution in [2.75, 3.05) is 13.1 Å². The minimum atomic E-state index is 0.120. The molecule has 0 aromatic carbocycles. The highest BCUT2D eigenvalue weighted by atomic mass is 16.2. The molecule has 3 aromatic heterocycles. The number of rotatable bonds is 5. The second-order valence-corrected chi connectivity index (χ2v) is 7.16. The van der Waals surface area contributed by atoms with Crippen LogP contribution in [0.15, 0.2) is 49.3 Å². The quantitative estimate of drug-likeness (QED) is 0.696. The van der Waals surface area contributed by atoms with Crippen LogP contribution >= 0.6 is 0 Å². The largest absolute Gasteiger partial charge is 0.340 e. The number of piperidine rings is 1. The van der Waals surface area contributed by atoms with E-state index in [2.05, 4.69) is 19.6 Å². The summed E-state index contributed by atoms with van der Waals surface area (Å²) in [6.45, 7) is 4.57. The minimum Gasteiger partial charge on any atom is -0.340 e. The molecule has 0 saturated carbocycles. The molecule has 0 N–H and O–H groups in total. The van der Waals surface area contributed by atoms with Gasteiger partial charge in [-0.1, -0.05) is 0 Å². The van der Waals surface area contributed by atoms with Gasteiger partial charge in [0.2, 0.25) is 5.91 Å². The first-order chi connectivity index (χ1) is 13.2. The molecule has 1 fully saturated rings. The number of pyridine rings is 1. The van der Waals surface area contributed by atoms with Crippen molar-refractivity contribution in [1.29, 1.82) is 0 Å². The molecular formula is C20H24N6O. The lowest BCUT2D eigenvalue weighted by Gasteiger charge is -2.32. The van der Waals surface area contributed by atoms with E-state index in [1.54, 1.807) is 10.9 Å². The third-order valence-corrected chi connectivity index (χ3v) is 5.05. The van der Waals surface area contributed by atoms with Crippen molar-refractivity contribution >= 4 is 5.91 Å². The van der Waals surface area contributed by atoms with Crippen LogP contribution in [0.3, 0.4) is 0 Å². The number of imidazole rings is 1. The first-order valence-electron chi connectivity index (χ1n) is 9.36. The lowest BCUT2D eigenvalue weighted by Crippen LogP contribution is -2.41. The normalized spacial score (nSPS) is 17.2. The highest BCUT2D eigenvalue weighted by Gasteiger charge is 2.27. The van der Waals surface area contributed by atoms with Crippen molar-refractivity contribution in [3.63, 3.8) is 0 Å². The maximum Gasteiger partial charge on any atom is 0.244 e. The van der Waals surface area contributed by atoms with Gasteiger partial charge in [0.05, 0.1) is 6.20 Å². The van der Waals surface area contributed by atoms with Gasteiger partial charge in [-0.2, -0.15) is 5.10 Å². The minimum absolute atomic E-state index is 0.120. The van der Waals surface area contributed by atoms with Gasteiger partial charge in [-0.15, -0.1) is 0 Å². The second-order valence-electron chi connectivity index (χ2n) is 7.16. The predicted molar refractivity (Wildman–Crippen MR) is 101 cm³/mol. The summed E-state index contributed by atoms with van der Waals surface area (Å²) in [6.07, 6.45) is 13.2.